The zero-order valence-corrected chi connectivity index (χ0v) is 13.4. The highest BCUT2D eigenvalue weighted by Gasteiger charge is 2.11. The molecule has 116 valence electrons. The van der Waals surface area contributed by atoms with Gasteiger partial charge in [0, 0.05) is 22.5 Å². The summed E-state index contributed by atoms with van der Waals surface area (Å²) in [5.41, 5.74) is 6.55. The van der Waals surface area contributed by atoms with E-state index in [1.807, 2.05) is 6.07 Å². The van der Waals surface area contributed by atoms with Crippen molar-refractivity contribution in [3.63, 3.8) is 0 Å². The molecule has 0 aromatic heterocycles. The first-order valence-electron chi connectivity index (χ1n) is 6.56. The molecule has 0 aliphatic rings. The van der Waals surface area contributed by atoms with Crippen LogP contribution in [0.5, 0.6) is 11.5 Å². The molecule has 6 heteroatoms. The van der Waals surface area contributed by atoms with Crippen molar-refractivity contribution in [2.75, 3.05) is 13.7 Å². The fraction of sp³-hybridized carbons (Fsp3) is 0.188. The van der Waals surface area contributed by atoms with Crippen LogP contribution in [0.15, 0.2) is 36.4 Å². The number of carbonyl (C=O) groups is 1. The topological polar surface area (TPSA) is 61.5 Å². The number of benzene rings is 2. The fourth-order valence-corrected chi connectivity index (χ4v) is 2.45. The number of amides is 1. The summed E-state index contributed by atoms with van der Waals surface area (Å²) in [6, 6.07) is 10.1. The summed E-state index contributed by atoms with van der Waals surface area (Å²) in [5, 5.41) is 1.16. The third kappa shape index (κ3) is 4.06. The van der Waals surface area contributed by atoms with Gasteiger partial charge in [-0.25, -0.2) is 0 Å². The van der Waals surface area contributed by atoms with Crippen molar-refractivity contribution >= 4 is 29.1 Å². The Labute approximate surface area is 138 Å². The second-order valence-corrected chi connectivity index (χ2v) is 5.40. The Morgan fingerprint density at radius 3 is 2.59 bits per heavy atom. The molecule has 0 aliphatic carbocycles. The van der Waals surface area contributed by atoms with Gasteiger partial charge in [-0.1, -0.05) is 29.3 Å². The molecule has 0 bridgehead atoms. The van der Waals surface area contributed by atoms with Crippen LogP contribution in [0.3, 0.4) is 0 Å². The normalized spacial score (nSPS) is 10.3. The zero-order chi connectivity index (χ0) is 16.1. The highest BCUT2D eigenvalue weighted by molar-refractivity contribution is 6.35. The number of hydrogen-bond acceptors (Lipinski definition) is 3. The van der Waals surface area contributed by atoms with Crippen LogP contribution < -0.4 is 15.2 Å². The van der Waals surface area contributed by atoms with E-state index in [4.69, 9.17) is 38.4 Å². The molecular weight excluding hydrogens is 325 g/mol. The number of ether oxygens (including phenoxy) is 2. The third-order valence-corrected chi connectivity index (χ3v) is 3.69. The molecule has 0 saturated carbocycles. The van der Waals surface area contributed by atoms with E-state index in [2.05, 4.69) is 0 Å². The lowest BCUT2D eigenvalue weighted by molar-refractivity contribution is 0.0996. The molecule has 0 radical (unpaired) electrons. The first-order valence-corrected chi connectivity index (χ1v) is 7.31. The Kier molecular flexibility index (Phi) is 5.52. The SMILES string of the molecule is COc1ccc(C(N)=O)c(OCCc2ccc(Cl)cc2Cl)c1. The molecule has 0 saturated heterocycles. The summed E-state index contributed by atoms with van der Waals surface area (Å²) in [6.45, 7) is 0.342. The van der Waals surface area contributed by atoms with Gasteiger partial charge in [0.2, 0.25) is 0 Å². The van der Waals surface area contributed by atoms with Gasteiger partial charge in [-0.15, -0.1) is 0 Å². The maximum absolute atomic E-state index is 11.4. The van der Waals surface area contributed by atoms with Crippen LogP contribution in [-0.4, -0.2) is 19.6 Å². The van der Waals surface area contributed by atoms with Crippen molar-refractivity contribution in [3.8, 4) is 11.5 Å². The molecule has 4 nitrogen and oxygen atoms in total. The number of rotatable bonds is 6. The van der Waals surface area contributed by atoms with Crippen LogP contribution in [0.25, 0.3) is 0 Å². The standard InChI is InChI=1S/C16H15Cl2NO3/c1-21-12-4-5-13(16(19)20)15(9-12)22-7-6-10-2-3-11(17)8-14(10)18/h2-5,8-9H,6-7H2,1H3,(H2,19,20). The van der Waals surface area contributed by atoms with E-state index in [-0.39, 0.29) is 0 Å². The van der Waals surface area contributed by atoms with E-state index in [1.54, 1.807) is 30.3 Å². The Morgan fingerprint density at radius 2 is 1.95 bits per heavy atom. The quantitative estimate of drug-likeness (QED) is 0.872. The van der Waals surface area contributed by atoms with Gasteiger partial charge in [0.25, 0.3) is 5.91 Å². The molecule has 0 spiro atoms. The Balaban J connectivity index is 2.09. The minimum absolute atomic E-state index is 0.308. The van der Waals surface area contributed by atoms with E-state index < -0.39 is 5.91 Å². The predicted molar refractivity (Wildman–Crippen MR) is 87.2 cm³/mol. The maximum atomic E-state index is 11.4. The monoisotopic (exact) mass is 339 g/mol. The van der Waals surface area contributed by atoms with Crippen molar-refractivity contribution in [1.29, 1.82) is 0 Å². The second kappa shape index (κ2) is 7.38. The number of primary amides is 1. The molecule has 2 N–H and O–H groups in total. The van der Waals surface area contributed by atoms with E-state index >= 15 is 0 Å². The van der Waals surface area contributed by atoms with Crippen LogP contribution in [0.1, 0.15) is 15.9 Å². The third-order valence-electron chi connectivity index (χ3n) is 3.10. The highest BCUT2D eigenvalue weighted by atomic mass is 35.5. The van der Waals surface area contributed by atoms with E-state index in [0.717, 1.165) is 5.56 Å². The summed E-state index contributed by atoms with van der Waals surface area (Å²) in [6.07, 6.45) is 0.575. The van der Waals surface area contributed by atoms with Gasteiger partial charge in [-0.05, 0) is 29.8 Å². The lowest BCUT2D eigenvalue weighted by Crippen LogP contribution is -2.14. The molecule has 0 atom stereocenters. The number of hydrogen-bond donors (Lipinski definition) is 1. The predicted octanol–water partition coefficient (Wildman–Crippen LogP) is 3.72. The average molecular weight is 340 g/mol. The number of carbonyl (C=O) groups excluding carboxylic acids is 1. The van der Waals surface area contributed by atoms with Gasteiger partial charge in [0.05, 0.1) is 19.3 Å². The zero-order valence-electron chi connectivity index (χ0n) is 11.9. The van der Waals surface area contributed by atoms with Crippen molar-refractivity contribution in [2.45, 2.75) is 6.42 Å². The molecule has 0 unspecified atom stereocenters. The largest absolute Gasteiger partial charge is 0.497 e. The van der Waals surface area contributed by atoms with Gasteiger partial charge in [-0.3, -0.25) is 4.79 Å². The van der Waals surface area contributed by atoms with Crippen LogP contribution in [0.4, 0.5) is 0 Å². The van der Waals surface area contributed by atoms with E-state index in [0.29, 0.717) is 40.1 Å². The molecule has 2 aromatic rings. The summed E-state index contributed by atoms with van der Waals surface area (Å²) >= 11 is 12.0. The summed E-state index contributed by atoms with van der Waals surface area (Å²) < 4.78 is 10.8. The van der Waals surface area contributed by atoms with Gasteiger partial charge in [0.1, 0.15) is 11.5 Å². The van der Waals surface area contributed by atoms with Crippen LogP contribution in [0, 0.1) is 0 Å². The second-order valence-electron chi connectivity index (χ2n) is 4.56. The number of nitrogens with two attached hydrogens (primary N) is 1. The Bertz CT molecular complexity index is 689. The first kappa shape index (κ1) is 16.5. The number of methoxy groups -OCH3 is 1. The van der Waals surface area contributed by atoms with E-state index in [1.165, 1.54) is 7.11 Å². The van der Waals surface area contributed by atoms with Gasteiger partial charge in [-0.2, -0.15) is 0 Å². The molecule has 2 aromatic carbocycles. The molecule has 0 fully saturated rings. The first-order chi connectivity index (χ1) is 10.5. The highest BCUT2D eigenvalue weighted by Crippen LogP contribution is 2.26. The molecule has 0 aliphatic heterocycles. The number of halogens is 2. The maximum Gasteiger partial charge on any atom is 0.252 e. The lowest BCUT2D eigenvalue weighted by atomic mass is 10.1. The molecule has 0 heterocycles. The smallest absolute Gasteiger partial charge is 0.252 e. The van der Waals surface area contributed by atoms with Crippen molar-refractivity contribution in [2.24, 2.45) is 5.73 Å². The minimum atomic E-state index is -0.554. The molecule has 2 rings (SSSR count). The van der Waals surface area contributed by atoms with Crippen LogP contribution in [-0.2, 0) is 6.42 Å². The lowest BCUT2D eigenvalue weighted by Gasteiger charge is -2.12. The van der Waals surface area contributed by atoms with Gasteiger partial charge in [0.15, 0.2) is 0 Å². The summed E-state index contributed by atoms with van der Waals surface area (Å²) in [7, 11) is 1.54. The Morgan fingerprint density at radius 1 is 1.18 bits per heavy atom. The van der Waals surface area contributed by atoms with Crippen molar-refractivity contribution in [1.82, 2.24) is 0 Å². The van der Waals surface area contributed by atoms with E-state index in [9.17, 15) is 4.79 Å². The fourth-order valence-electron chi connectivity index (χ4n) is 1.95. The summed E-state index contributed by atoms with van der Waals surface area (Å²) in [5.74, 6) is 0.420. The van der Waals surface area contributed by atoms with Crippen LogP contribution in [0.2, 0.25) is 10.0 Å². The molecule has 22 heavy (non-hydrogen) atoms. The van der Waals surface area contributed by atoms with Crippen LogP contribution >= 0.6 is 23.2 Å². The van der Waals surface area contributed by atoms with Gasteiger partial charge < -0.3 is 15.2 Å². The van der Waals surface area contributed by atoms with Gasteiger partial charge >= 0.3 is 0 Å². The van der Waals surface area contributed by atoms with Crippen molar-refractivity contribution in [3.05, 3.63) is 57.6 Å². The minimum Gasteiger partial charge on any atom is -0.497 e. The Hall–Kier alpha value is -1.91. The molecular formula is C16H15Cl2NO3. The average Bonchev–Trinajstić information content (AvgIpc) is 2.49. The summed E-state index contributed by atoms with van der Waals surface area (Å²) in [4.78, 5) is 11.4. The van der Waals surface area contributed by atoms with Crippen molar-refractivity contribution < 1.29 is 14.3 Å². The molecule has 1 amide bonds.